The van der Waals surface area contributed by atoms with E-state index in [2.05, 4.69) is 4.98 Å². The molecule has 0 radical (unpaired) electrons. The van der Waals surface area contributed by atoms with Gasteiger partial charge in [-0.2, -0.15) is 0 Å². The monoisotopic (exact) mass is 330 g/mol. The largest absolute Gasteiger partial charge is 0.495 e. The second-order valence-electron chi connectivity index (χ2n) is 5.62. The maximum absolute atomic E-state index is 13.0. The maximum Gasteiger partial charge on any atom is 0.273 e. The van der Waals surface area contributed by atoms with Crippen molar-refractivity contribution in [3.8, 4) is 5.75 Å². The van der Waals surface area contributed by atoms with Gasteiger partial charge in [-0.05, 0) is 61.7 Å². The number of methoxy groups -OCH3 is 1. The summed E-state index contributed by atoms with van der Waals surface area (Å²) in [6.45, 7) is 5.81. The summed E-state index contributed by atoms with van der Waals surface area (Å²) in [5, 5.41) is 0. The molecule has 23 heavy (non-hydrogen) atoms. The Labute approximate surface area is 135 Å². The van der Waals surface area contributed by atoms with E-state index in [9.17, 15) is 8.42 Å². The lowest BCUT2D eigenvalue weighted by Gasteiger charge is -2.12. The lowest BCUT2D eigenvalue weighted by Crippen LogP contribution is -2.13. The van der Waals surface area contributed by atoms with E-state index >= 15 is 0 Å². The molecule has 0 saturated heterocycles. The molecule has 3 rings (SSSR count). The fraction of sp³-hybridized carbons (Fsp3) is 0.235. The van der Waals surface area contributed by atoms with Crippen molar-refractivity contribution in [1.29, 1.82) is 0 Å². The van der Waals surface area contributed by atoms with Gasteiger partial charge in [0.15, 0.2) is 0 Å². The zero-order valence-corrected chi connectivity index (χ0v) is 14.3. The van der Waals surface area contributed by atoms with Gasteiger partial charge in [0, 0.05) is 0 Å². The fourth-order valence-corrected chi connectivity index (χ4v) is 3.95. The Morgan fingerprint density at radius 1 is 1.04 bits per heavy atom. The molecule has 0 aliphatic rings. The van der Waals surface area contributed by atoms with Gasteiger partial charge in [-0.15, -0.1) is 0 Å². The zero-order valence-electron chi connectivity index (χ0n) is 13.5. The number of nitrogens with zero attached hydrogens (tertiary/aromatic N) is 2. The van der Waals surface area contributed by atoms with Gasteiger partial charge in [0.25, 0.3) is 10.0 Å². The summed E-state index contributed by atoms with van der Waals surface area (Å²) in [5.74, 6) is 0.329. The summed E-state index contributed by atoms with van der Waals surface area (Å²) in [7, 11) is -2.32. The summed E-state index contributed by atoms with van der Waals surface area (Å²) in [4.78, 5) is 4.36. The fourth-order valence-electron chi connectivity index (χ4n) is 2.53. The van der Waals surface area contributed by atoms with Gasteiger partial charge in [0.1, 0.15) is 17.0 Å². The summed E-state index contributed by atoms with van der Waals surface area (Å²) >= 11 is 0. The third-order valence-corrected chi connectivity index (χ3v) is 5.69. The minimum atomic E-state index is -3.78. The molecule has 0 fully saturated rings. The number of rotatable bonds is 3. The number of hydrogen-bond donors (Lipinski definition) is 0. The first-order valence-corrected chi connectivity index (χ1v) is 8.63. The van der Waals surface area contributed by atoms with Crippen LogP contribution in [0.2, 0.25) is 0 Å². The first-order valence-electron chi connectivity index (χ1n) is 7.19. The van der Waals surface area contributed by atoms with E-state index in [1.165, 1.54) is 17.4 Å². The van der Waals surface area contributed by atoms with Crippen LogP contribution in [-0.2, 0) is 10.0 Å². The van der Waals surface area contributed by atoms with Crippen molar-refractivity contribution in [3.63, 3.8) is 0 Å². The third kappa shape index (κ3) is 2.49. The summed E-state index contributed by atoms with van der Waals surface area (Å²) < 4.78 is 32.5. The molecule has 2 aromatic carbocycles. The Balaban J connectivity index is 2.27. The summed E-state index contributed by atoms with van der Waals surface area (Å²) in [6, 6.07) is 8.76. The minimum Gasteiger partial charge on any atom is -0.495 e. The number of aryl methyl sites for hydroxylation is 3. The highest BCUT2D eigenvalue weighted by atomic mass is 32.2. The molecule has 0 unspecified atom stereocenters. The van der Waals surface area contributed by atoms with Crippen LogP contribution in [0.1, 0.15) is 16.7 Å². The molecule has 0 amide bonds. The van der Waals surface area contributed by atoms with Gasteiger partial charge < -0.3 is 4.74 Å². The van der Waals surface area contributed by atoms with Crippen LogP contribution in [0, 0.1) is 20.8 Å². The smallest absolute Gasteiger partial charge is 0.273 e. The average molecular weight is 330 g/mol. The van der Waals surface area contributed by atoms with Crippen LogP contribution in [0.25, 0.3) is 11.0 Å². The van der Waals surface area contributed by atoms with Gasteiger partial charge in [0.05, 0.1) is 18.1 Å². The van der Waals surface area contributed by atoms with Crippen molar-refractivity contribution >= 4 is 21.1 Å². The molecule has 0 bridgehead atoms. The second-order valence-corrected chi connectivity index (χ2v) is 7.41. The van der Waals surface area contributed by atoms with Gasteiger partial charge in [-0.3, -0.25) is 0 Å². The van der Waals surface area contributed by atoms with Crippen LogP contribution in [0.15, 0.2) is 41.6 Å². The Morgan fingerprint density at radius 2 is 1.74 bits per heavy atom. The molecule has 6 heteroatoms. The van der Waals surface area contributed by atoms with Crippen molar-refractivity contribution in [1.82, 2.24) is 8.96 Å². The molecule has 0 spiro atoms. The third-order valence-electron chi connectivity index (χ3n) is 3.99. The van der Waals surface area contributed by atoms with E-state index < -0.39 is 10.0 Å². The van der Waals surface area contributed by atoms with Crippen molar-refractivity contribution in [2.24, 2.45) is 0 Å². The van der Waals surface area contributed by atoms with Gasteiger partial charge in [-0.25, -0.2) is 17.4 Å². The van der Waals surface area contributed by atoms with Crippen LogP contribution in [0.4, 0.5) is 0 Å². The highest BCUT2D eigenvalue weighted by molar-refractivity contribution is 7.90. The Bertz CT molecular complexity index is 1000. The van der Waals surface area contributed by atoms with Crippen LogP contribution in [0.5, 0.6) is 5.75 Å². The number of imidazole rings is 1. The standard InChI is InChI=1S/C17H18N2O3S/c1-11-5-6-17(16(7-11)22-4)23(20,21)19-10-18-14-8-12(2)13(3)9-15(14)19/h5-10H,1-4H3. The van der Waals surface area contributed by atoms with Crippen LogP contribution >= 0.6 is 0 Å². The van der Waals surface area contributed by atoms with Gasteiger partial charge in [-0.1, -0.05) is 6.07 Å². The summed E-state index contributed by atoms with van der Waals surface area (Å²) in [5.41, 5.74) is 4.25. The van der Waals surface area contributed by atoms with E-state index in [1.807, 2.05) is 32.9 Å². The number of hydrogen-bond acceptors (Lipinski definition) is 4. The molecule has 5 nitrogen and oxygen atoms in total. The molecule has 120 valence electrons. The Kier molecular flexibility index (Phi) is 3.64. The Morgan fingerprint density at radius 3 is 2.43 bits per heavy atom. The zero-order chi connectivity index (χ0) is 16.8. The molecule has 1 aromatic heterocycles. The van der Waals surface area contributed by atoms with Crippen molar-refractivity contribution in [2.45, 2.75) is 25.7 Å². The normalized spacial score (nSPS) is 11.8. The van der Waals surface area contributed by atoms with Crippen molar-refractivity contribution in [3.05, 3.63) is 53.3 Å². The molecule has 1 heterocycles. The molecule has 0 aliphatic heterocycles. The molecular weight excluding hydrogens is 312 g/mol. The van der Waals surface area contributed by atoms with E-state index in [1.54, 1.807) is 18.2 Å². The van der Waals surface area contributed by atoms with E-state index in [-0.39, 0.29) is 4.90 Å². The van der Waals surface area contributed by atoms with Gasteiger partial charge in [0.2, 0.25) is 0 Å². The first kappa shape index (κ1) is 15.6. The van der Waals surface area contributed by atoms with Crippen LogP contribution < -0.4 is 4.74 Å². The van der Waals surface area contributed by atoms with Gasteiger partial charge >= 0.3 is 0 Å². The second kappa shape index (κ2) is 5.38. The molecule has 0 saturated carbocycles. The lowest BCUT2D eigenvalue weighted by atomic mass is 10.1. The molecule has 0 aliphatic carbocycles. The first-order chi connectivity index (χ1) is 10.8. The predicted molar refractivity (Wildman–Crippen MR) is 89.5 cm³/mol. The number of fused-ring (bicyclic) bond motifs is 1. The number of benzene rings is 2. The average Bonchev–Trinajstić information content (AvgIpc) is 2.90. The highest BCUT2D eigenvalue weighted by Crippen LogP contribution is 2.29. The van der Waals surface area contributed by atoms with Crippen LogP contribution in [0.3, 0.4) is 0 Å². The SMILES string of the molecule is COc1cc(C)ccc1S(=O)(=O)n1cnc2cc(C)c(C)cc21. The van der Waals surface area contributed by atoms with Crippen molar-refractivity contribution < 1.29 is 13.2 Å². The van der Waals surface area contributed by atoms with E-state index in [0.717, 1.165) is 16.7 Å². The van der Waals surface area contributed by atoms with Crippen LogP contribution in [-0.4, -0.2) is 24.5 Å². The van der Waals surface area contributed by atoms with E-state index in [0.29, 0.717) is 16.8 Å². The topological polar surface area (TPSA) is 61.2 Å². The van der Waals surface area contributed by atoms with Crippen molar-refractivity contribution in [2.75, 3.05) is 7.11 Å². The molecular formula is C17H18N2O3S. The molecule has 3 aromatic rings. The number of aromatic nitrogens is 2. The predicted octanol–water partition coefficient (Wildman–Crippen LogP) is 3.21. The molecule has 0 atom stereocenters. The summed E-state index contributed by atoms with van der Waals surface area (Å²) in [6.07, 6.45) is 1.35. The minimum absolute atomic E-state index is 0.128. The maximum atomic E-state index is 13.0. The molecule has 0 N–H and O–H groups in total. The Hall–Kier alpha value is -2.34. The lowest BCUT2D eigenvalue weighted by molar-refractivity contribution is 0.402. The quantitative estimate of drug-likeness (QED) is 0.740. The number of ether oxygens (including phenoxy) is 1. The van der Waals surface area contributed by atoms with E-state index in [4.69, 9.17) is 4.74 Å². The highest BCUT2D eigenvalue weighted by Gasteiger charge is 2.24.